The molecule has 0 fully saturated rings. The molecule has 0 radical (unpaired) electrons. The molecule has 2 aliphatic rings. The Hall–Kier alpha value is -4.46. The Morgan fingerprint density at radius 3 is 1.87 bits per heavy atom. The Balaban J connectivity index is 1.73. The van der Waals surface area contributed by atoms with Gasteiger partial charge in [-0.15, -0.1) is 0 Å². The number of halogens is 7. The van der Waals surface area contributed by atoms with Crippen LogP contribution in [-0.2, 0) is 17.1 Å². The Kier molecular flexibility index (Phi) is 5.86. The number of rotatable bonds is 2. The van der Waals surface area contributed by atoms with Crippen molar-refractivity contribution in [3.05, 3.63) is 117 Å². The summed E-state index contributed by atoms with van der Waals surface area (Å²) in [7, 11) is 0. The van der Waals surface area contributed by atoms with Gasteiger partial charge in [0.05, 0.1) is 22.6 Å². The highest BCUT2D eigenvalue weighted by Gasteiger charge is 2.43. The molecule has 0 amide bonds. The Morgan fingerprint density at radius 2 is 1.34 bits per heavy atom. The summed E-state index contributed by atoms with van der Waals surface area (Å²) in [5.74, 6) is -1.98. The van der Waals surface area contributed by atoms with Crippen LogP contribution in [0.5, 0.6) is 5.75 Å². The predicted molar refractivity (Wildman–Crippen MR) is 120 cm³/mol. The average molecular weight is 532 g/mol. The first kappa shape index (κ1) is 25.2. The van der Waals surface area contributed by atoms with E-state index in [9.17, 15) is 36.0 Å². The fourth-order valence-corrected chi connectivity index (χ4v) is 4.53. The van der Waals surface area contributed by atoms with Crippen molar-refractivity contribution >= 4 is 5.76 Å². The molecule has 0 saturated carbocycles. The van der Waals surface area contributed by atoms with Crippen LogP contribution in [0.25, 0.3) is 5.76 Å². The number of nitrogens with two attached hydrogens (primary N) is 1. The van der Waals surface area contributed by atoms with Gasteiger partial charge in [-0.05, 0) is 53.6 Å². The van der Waals surface area contributed by atoms with Crippen LogP contribution >= 0.6 is 0 Å². The van der Waals surface area contributed by atoms with Crippen molar-refractivity contribution in [2.45, 2.75) is 24.4 Å². The lowest BCUT2D eigenvalue weighted by atomic mass is 9.77. The maximum absolute atomic E-state index is 14.2. The van der Waals surface area contributed by atoms with Gasteiger partial charge in [0.2, 0.25) is 5.88 Å². The van der Waals surface area contributed by atoms with Crippen LogP contribution < -0.4 is 10.5 Å². The lowest BCUT2D eigenvalue weighted by Crippen LogP contribution is -2.29. The van der Waals surface area contributed by atoms with E-state index in [0.717, 1.165) is 36.4 Å². The zero-order valence-corrected chi connectivity index (χ0v) is 19.0. The molecule has 4 nitrogen and oxygen atoms in total. The van der Waals surface area contributed by atoms with Crippen molar-refractivity contribution in [2.75, 3.05) is 0 Å². The molecule has 3 aromatic rings. The standard InChI is InChI=1S/C27H15F7N2O2/c28-17-9-10-20-18(11-17)24-22(23(37-20)14-3-7-16(8-4-14)27(32,33)34)21(19(12-35)25(36)38-24)13-1-5-15(6-2-13)26(29,30)31/h1-11,21,23H,36H2. The van der Waals surface area contributed by atoms with Crippen LogP contribution in [0.3, 0.4) is 0 Å². The molecule has 0 bridgehead atoms. The van der Waals surface area contributed by atoms with Gasteiger partial charge in [0.1, 0.15) is 35.1 Å². The Bertz CT molecular complexity index is 1510. The van der Waals surface area contributed by atoms with Crippen LogP contribution in [-0.4, -0.2) is 0 Å². The second-order valence-electron chi connectivity index (χ2n) is 8.59. The first-order valence-electron chi connectivity index (χ1n) is 11.0. The maximum atomic E-state index is 14.2. The van der Waals surface area contributed by atoms with Crippen molar-refractivity contribution in [1.82, 2.24) is 0 Å². The highest BCUT2D eigenvalue weighted by molar-refractivity contribution is 5.77. The fourth-order valence-electron chi connectivity index (χ4n) is 4.53. The average Bonchev–Trinajstić information content (AvgIpc) is 2.87. The summed E-state index contributed by atoms with van der Waals surface area (Å²) in [6.07, 6.45) is -10.4. The van der Waals surface area contributed by atoms with Crippen molar-refractivity contribution < 1.29 is 40.2 Å². The van der Waals surface area contributed by atoms with Crippen LogP contribution in [0.1, 0.15) is 39.8 Å². The number of hydrogen-bond donors (Lipinski definition) is 1. The Labute approximate surface area is 211 Å². The molecule has 2 heterocycles. The molecule has 194 valence electrons. The van der Waals surface area contributed by atoms with Crippen molar-refractivity contribution in [2.24, 2.45) is 5.73 Å². The third kappa shape index (κ3) is 4.32. The third-order valence-electron chi connectivity index (χ3n) is 6.29. The molecule has 2 aliphatic heterocycles. The molecule has 0 saturated heterocycles. The van der Waals surface area contributed by atoms with Crippen LogP contribution in [0.4, 0.5) is 30.7 Å². The lowest BCUT2D eigenvalue weighted by Gasteiger charge is -2.38. The number of allylic oxidation sites excluding steroid dienone is 1. The SMILES string of the molecule is N#CC1=C(N)OC2=C(C(c3ccc(C(F)(F)F)cc3)Oc3ccc(F)cc32)C1c1ccc(C(F)(F)F)cc1. The van der Waals surface area contributed by atoms with E-state index in [0.29, 0.717) is 0 Å². The molecule has 0 spiro atoms. The molecule has 5 rings (SSSR count). The maximum Gasteiger partial charge on any atom is 0.416 e. The van der Waals surface area contributed by atoms with E-state index in [1.807, 2.05) is 6.07 Å². The first-order chi connectivity index (χ1) is 17.9. The van der Waals surface area contributed by atoms with E-state index in [1.54, 1.807) is 0 Å². The van der Waals surface area contributed by atoms with Crippen molar-refractivity contribution in [3.8, 4) is 11.8 Å². The van der Waals surface area contributed by atoms with Crippen LogP contribution in [0.2, 0.25) is 0 Å². The predicted octanol–water partition coefficient (Wildman–Crippen LogP) is 7.22. The molecule has 3 aromatic carbocycles. The van der Waals surface area contributed by atoms with Gasteiger partial charge in [-0.25, -0.2) is 4.39 Å². The minimum atomic E-state index is -4.61. The van der Waals surface area contributed by atoms with E-state index < -0.39 is 41.3 Å². The normalized spacial score (nSPS) is 19.2. The number of nitrogens with zero attached hydrogens (tertiary/aromatic N) is 1. The highest BCUT2D eigenvalue weighted by atomic mass is 19.4. The second kappa shape index (κ2) is 8.83. The summed E-state index contributed by atoms with van der Waals surface area (Å²) in [4.78, 5) is 0. The Morgan fingerprint density at radius 1 is 0.789 bits per heavy atom. The van der Waals surface area contributed by atoms with Gasteiger partial charge >= 0.3 is 12.4 Å². The minimum absolute atomic E-state index is 0.00274. The molecule has 0 aliphatic carbocycles. The monoisotopic (exact) mass is 532 g/mol. The van der Waals surface area contributed by atoms with Crippen molar-refractivity contribution in [3.63, 3.8) is 0 Å². The fraction of sp³-hybridized carbons (Fsp3) is 0.148. The van der Waals surface area contributed by atoms with E-state index in [2.05, 4.69) is 0 Å². The van der Waals surface area contributed by atoms with Crippen molar-refractivity contribution in [1.29, 1.82) is 5.26 Å². The largest absolute Gasteiger partial charge is 0.480 e. The molecule has 2 unspecified atom stereocenters. The number of ether oxygens (including phenoxy) is 2. The van der Waals surface area contributed by atoms with Crippen LogP contribution in [0, 0.1) is 17.1 Å². The van der Waals surface area contributed by atoms with E-state index in [-0.39, 0.29) is 45.2 Å². The molecule has 2 atom stereocenters. The molecular formula is C27H15F7N2O2. The molecule has 38 heavy (non-hydrogen) atoms. The lowest BCUT2D eigenvalue weighted by molar-refractivity contribution is -0.138. The summed E-state index contributed by atoms with van der Waals surface area (Å²) in [6, 6.07) is 13.5. The van der Waals surface area contributed by atoms with Gasteiger partial charge in [0.15, 0.2) is 0 Å². The van der Waals surface area contributed by atoms with E-state index >= 15 is 0 Å². The van der Waals surface area contributed by atoms with Gasteiger partial charge in [-0.3, -0.25) is 0 Å². The number of nitriles is 1. The van der Waals surface area contributed by atoms with Crippen LogP contribution in [0.15, 0.2) is 83.8 Å². The zero-order chi connectivity index (χ0) is 27.4. The highest BCUT2D eigenvalue weighted by Crippen LogP contribution is 2.53. The van der Waals surface area contributed by atoms with E-state index in [4.69, 9.17) is 15.2 Å². The third-order valence-corrected chi connectivity index (χ3v) is 6.29. The van der Waals surface area contributed by atoms with E-state index in [1.165, 1.54) is 30.3 Å². The summed E-state index contributed by atoms with van der Waals surface area (Å²) in [6.45, 7) is 0. The number of hydrogen-bond acceptors (Lipinski definition) is 4. The summed E-state index contributed by atoms with van der Waals surface area (Å²) in [5.41, 5.74) is 4.80. The summed E-state index contributed by atoms with van der Waals surface area (Å²) in [5, 5.41) is 9.89. The quantitative estimate of drug-likeness (QED) is 0.354. The van der Waals surface area contributed by atoms with Gasteiger partial charge in [-0.1, -0.05) is 24.3 Å². The second-order valence-corrected chi connectivity index (χ2v) is 8.59. The molecule has 2 N–H and O–H groups in total. The topological polar surface area (TPSA) is 68.3 Å². The van der Waals surface area contributed by atoms with Gasteiger partial charge in [-0.2, -0.15) is 31.6 Å². The number of fused-ring (bicyclic) bond motifs is 2. The minimum Gasteiger partial charge on any atom is -0.480 e. The first-order valence-corrected chi connectivity index (χ1v) is 11.0. The molecule has 11 heteroatoms. The number of benzene rings is 3. The molecule has 0 aromatic heterocycles. The smallest absolute Gasteiger partial charge is 0.416 e. The zero-order valence-electron chi connectivity index (χ0n) is 19.0. The number of alkyl halides is 6. The van der Waals surface area contributed by atoms with Gasteiger partial charge < -0.3 is 15.2 Å². The van der Waals surface area contributed by atoms with Gasteiger partial charge in [0.25, 0.3) is 0 Å². The summed E-state index contributed by atoms with van der Waals surface area (Å²) >= 11 is 0. The summed E-state index contributed by atoms with van der Waals surface area (Å²) < 4.78 is 105. The molecular weight excluding hydrogens is 517 g/mol. The van der Waals surface area contributed by atoms with Gasteiger partial charge in [0, 0.05) is 5.57 Å².